The van der Waals surface area contributed by atoms with E-state index in [9.17, 15) is 9.59 Å². The van der Waals surface area contributed by atoms with Crippen molar-refractivity contribution < 1.29 is 9.59 Å². The molecule has 7 nitrogen and oxygen atoms in total. The number of anilines is 1. The molecule has 7 heteroatoms. The van der Waals surface area contributed by atoms with E-state index in [1.54, 1.807) is 0 Å². The third kappa shape index (κ3) is 4.04. The van der Waals surface area contributed by atoms with Crippen LogP contribution < -0.4 is 4.90 Å². The summed E-state index contributed by atoms with van der Waals surface area (Å²) in [6, 6.07) is 8.01. The molecule has 0 saturated carbocycles. The van der Waals surface area contributed by atoms with Crippen LogP contribution in [-0.2, 0) is 4.79 Å². The third-order valence-corrected chi connectivity index (χ3v) is 6.39. The van der Waals surface area contributed by atoms with E-state index >= 15 is 0 Å². The number of carbonyl (C=O) groups excluding carboxylic acids is 2. The highest BCUT2D eigenvalue weighted by Gasteiger charge is 2.30. The fourth-order valence-electron chi connectivity index (χ4n) is 4.56. The van der Waals surface area contributed by atoms with Crippen LogP contribution in [0.4, 0.5) is 5.69 Å². The highest BCUT2D eigenvalue weighted by Crippen LogP contribution is 2.22. The van der Waals surface area contributed by atoms with Gasteiger partial charge >= 0.3 is 0 Å². The van der Waals surface area contributed by atoms with Crippen molar-refractivity contribution in [1.82, 2.24) is 9.80 Å². The topological polar surface area (TPSA) is 68.6 Å². The summed E-state index contributed by atoms with van der Waals surface area (Å²) in [5.41, 5.74) is 2.66. The second kappa shape index (κ2) is 8.49. The number of hydrogen-bond acceptors (Lipinski definition) is 5. The van der Waals surface area contributed by atoms with Gasteiger partial charge in [0.15, 0.2) is 0 Å². The van der Waals surface area contributed by atoms with Gasteiger partial charge in [-0.15, -0.1) is 0 Å². The smallest absolute Gasteiger partial charge is 0.261 e. The maximum Gasteiger partial charge on any atom is 0.261 e. The number of guanidine groups is 1. The monoisotopic (exact) mass is 417 g/mol. The van der Waals surface area contributed by atoms with Gasteiger partial charge in [0.2, 0.25) is 5.96 Å². The van der Waals surface area contributed by atoms with Crippen LogP contribution in [-0.4, -0.2) is 72.6 Å². The Bertz CT molecular complexity index is 978. The number of nitrogens with zero attached hydrogens (tertiary/aromatic N) is 5. The van der Waals surface area contributed by atoms with Gasteiger partial charge in [0, 0.05) is 50.5 Å². The Labute approximate surface area is 182 Å². The lowest BCUT2D eigenvalue weighted by Gasteiger charge is -2.36. The van der Waals surface area contributed by atoms with Crippen LogP contribution >= 0.6 is 0 Å². The summed E-state index contributed by atoms with van der Waals surface area (Å²) in [4.78, 5) is 40.4. The van der Waals surface area contributed by atoms with E-state index in [2.05, 4.69) is 27.0 Å². The van der Waals surface area contributed by atoms with Crippen LogP contribution in [0.5, 0.6) is 0 Å². The van der Waals surface area contributed by atoms with Gasteiger partial charge in [-0.1, -0.05) is 18.2 Å². The first kappa shape index (κ1) is 19.7. The Morgan fingerprint density at radius 2 is 1.58 bits per heavy atom. The van der Waals surface area contributed by atoms with Crippen molar-refractivity contribution >= 4 is 29.2 Å². The average molecular weight is 418 g/mol. The highest BCUT2D eigenvalue weighted by atomic mass is 16.2. The fourth-order valence-corrected chi connectivity index (χ4v) is 4.56. The summed E-state index contributed by atoms with van der Waals surface area (Å²) in [6.45, 7) is 4.60. The molecule has 0 aromatic heterocycles. The molecule has 1 aliphatic carbocycles. The fraction of sp³-hybridized carbons (Fsp3) is 0.417. The van der Waals surface area contributed by atoms with Crippen molar-refractivity contribution in [3.8, 4) is 0 Å². The SMILES string of the molecule is O=C1N=C(N2CCN(C(=O)c3ccc(N4CCCCC4)cc3)CC2)N=C2C=CC=CC12. The first-order valence-corrected chi connectivity index (χ1v) is 11.1. The number of piperidine rings is 1. The molecule has 0 radical (unpaired) electrons. The standard InChI is InChI=1S/C24H27N5O2/c30-22-20-6-2-3-7-21(20)25-24(26-22)29-16-14-28(15-17-29)23(31)18-8-10-19(11-9-18)27-12-4-1-5-13-27/h2-3,6-11,20H,1,4-5,12-17H2. The quantitative estimate of drug-likeness (QED) is 0.742. The zero-order valence-electron chi connectivity index (χ0n) is 17.6. The number of fused-ring (bicyclic) bond motifs is 1. The normalized spacial score (nSPS) is 23.4. The van der Waals surface area contributed by atoms with Crippen molar-refractivity contribution in [3.05, 3.63) is 54.1 Å². The van der Waals surface area contributed by atoms with Crippen LogP contribution in [0, 0.1) is 5.92 Å². The molecule has 0 bridgehead atoms. The molecule has 4 aliphatic rings. The molecule has 2 saturated heterocycles. The molecule has 0 N–H and O–H groups in total. The zero-order chi connectivity index (χ0) is 21.2. The number of allylic oxidation sites excluding steroid dienone is 3. The minimum atomic E-state index is -0.357. The van der Waals surface area contributed by atoms with Crippen LogP contribution in [0.1, 0.15) is 29.6 Å². The molecule has 5 rings (SSSR count). The van der Waals surface area contributed by atoms with Gasteiger partial charge in [0.1, 0.15) is 5.92 Å². The third-order valence-electron chi connectivity index (χ3n) is 6.39. The van der Waals surface area contributed by atoms with Crippen LogP contribution in [0.25, 0.3) is 0 Å². The maximum absolute atomic E-state index is 13.0. The minimum absolute atomic E-state index is 0.0539. The van der Waals surface area contributed by atoms with Crippen molar-refractivity contribution in [1.29, 1.82) is 0 Å². The number of hydrogen-bond donors (Lipinski definition) is 0. The molecule has 1 atom stereocenters. The summed E-state index contributed by atoms with van der Waals surface area (Å²) < 4.78 is 0. The largest absolute Gasteiger partial charge is 0.372 e. The first-order valence-electron chi connectivity index (χ1n) is 11.1. The van der Waals surface area contributed by atoms with Gasteiger partial charge in [-0.25, -0.2) is 4.99 Å². The van der Waals surface area contributed by atoms with Crippen molar-refractivity contribution in [3.63, 3.8) is 0 Å². The lowest BCUT2D eigenvalue weighted by atomic mass is 9.97. The number of piperazine rings is 1. The van der Waals surface area contributed by atoms with Gasteiger partial charge in [-0.3, -0.25) is 9.59 Å². The Balaban J connectivity index is 1.20. The van der Waals surface area contributed by atoms with E-state index in [0.29, 0.717) is 32.1 Å². The number of benzene rings is 1. The van der Waals surface area contributed by atoms with Crippen LogP contribution in [0.3, 0.4) is 0 Å². The predicted octanol–water partition coefficient (Wildman–Crippen LogP) is 2.51. The number of carbonyl (C=O) groups is 2. The highest BCUT2D eigenvalue weighted by molar-refractivity contribution is 6.21. The Kier molecular flexibility index (Phi) is 5.40. The maximum atomic E-state index is 13.0. The van der Waals surface area contributed by atoms with Gasteiger partial charge in [0.25, 0.3) is 11.8 Å². The molecular weight excluding hydrogens is 390 g/mol. The number of aliphatic imine (C=N–C) groups is 2. The first-order chi connectivity index (χ1) is 15.2. The Hall–Kier alpha value is -3.22. The Morgan fingerprint density at radius 1 is 0.839 bits per heavy atom. The molecular formula is C24H27N5O2. The van der Waals surface area contributed by atoms with Gasteiger partial charge in [0.05, 0.1) is 5.71 Å². The van der Waals surface area contributed by atoms with E-state index in [-0.39, 0.29) is 17.7 Å². The molecule has 2 amide bonds. The summed E-state index contributed by atoms with van der Waals surface area (Å²) in [5, 5.41) is 0. The second-order valence-corrected chi connectivity index (χ2v) is 8.38. The second-order valence-electron chi connectivity index (χ2n) is 8.38. The van der Waals surface area contributed by atoms with Crippen LogP contribution in [0.15, 0.2) is 58.6 Å². The Morgan fingerprint density at radius 3 is 2.32 bits per heavy atom. The van der Waals surface area contributed by atoms with E-state index in [0.717, 1.165) is 24.4 Å². The van der Waals surface area contributed by atoms with Gasteiger partial charge in [-0.05, 0) is 49.6 Å². The summed E-state index contributed by atoms with van der Waals surface area (Å²) >= 11 is 0. The molecule has 1 aromatic carbocycles. The van der Waals surface area contributed by atoms with Crippen molar-refractivity contribution in [2.45, 2.75) is 19.3 Å². The molecule has 1 unspecified atom stereocenters. The van der Waals surface area contributed by atoms with Gasteiger partial charge in [-0.2, -0.15) is 4.99 Å². The van der Waals surface area contributed by atoms with E-state index < -0.39 is 0 Å². The molecule has 160 valence electrons. The molecule has 3 aliphatic heterocycles. The number of amides is 2. The molecule has 3 heterocycles. The predicted molar refractivity (Wildman–Crippen MR) is 122 cm³/mol. The van der Waals surface area contributed by atoms with E-state index in [1.165, 1.54) is 24.9 Å². The molecule has 2 fully saturated rings. The van der Waals surface area contributed by atoms with Gasteiger partial charge < -0.3 is 14.7 Å². The minimum Gasteiger partial charge on any atom is -0.372 e. The summed E-state index contributed by atoms with van der Waals surface area (Å²) in [5.74, 6) is -0.00941. The molecule has 1 aromatic rings. The lowest BCUT2D eigenvalue weighted by molar-refractivity contribution is -0.118. The van der Waals surface area contributed by atoms with Crippen LogP contribution in [0.2, 0.25) is 0 Å². The van der Waals surface area contributed by atoms with E-state index in [4.69, 9.17) is 0 Å². The zero-order valence-corrected chi connectivity index (χ0v) is 17.6. The molecule has 31 heavy (non-hydrogen) atoms. The lowest BCUT2D eigenvalue weighted by Crippen LogP contribution is -2.51. The van der Waals surface area contributed by atoms with E-state index in [1.807, 2.05) is 46.2 Å². The summed E-state index contributed by atoms with van der Waals surface area (Å²) in [7, 11) is 0. The average Bonchev–Trinajstić information content (AvgIpc) is 2.84. The number of rotatable bonds is 2. The van der Waals surface area contributed by atoms with Crippen molar-refractivity contribution in [2.24, 2.45) is 15.9 Å². The van der Waals surface area contributed by atoms with Crippen molar-refractivity contribution in [2.75, 3.05) is 44.2 Å². The molecule has 0 spiro atoms. The summed E-state index contributed by atoms with van der Waals surface area (Å²) in [6.07, 6.45) is 11.2.